The van der Waals surface area contributed by atoms with Crippen LogP contribution in [0.3, 0.4) is 0 Å². The van der Waals surface area contributed by atoms with Gasteiger partial charge in [0, 0.05) is 32.2 Å². The SMILES string of the molecule is CC(C)C[C@H](NN1CCNCC1)[C@@H](O)CC(=O)O. The van der Waals surface area contributed by atoms with Gasteiger partial charge in [-0.2, -0.15) is 0 Å². The van der Waals surface area contributed by atoms with Crippen LogP contribution in [0.2, 0.25) is 0 Å². The van der Waals surface area contributed by atoms with E-state index in [2.05, 4.69) is 29.6 Å². The summed E-state index contributed by atoms with van der Waals surface area (Å²) < 4.78 is 0. The zero-order valence-electron chi connectivity index (χ0n) is 11.2. The third-order valence-electron chi connectivity index (χ3n) is 3.04. The number of hydrogen-bond acceptors (Lipinski definition) is 5. The first-order chi connectivity index (χ1) is 8.49. The van der Waals surface area contributed by atoms with Crippen LogP contribution >= 0.6 is 0 Å². The van der Waals surface area contributed by atoms with Gasteiger partial charge < -0.3 is 15.5 Å². The van der Waals surface area contributed by atoms with Gasteiger partial charge in [-0.25, -0.2) is 10.4 Å². The molecule has 106 valence electrons. The van der Waals surface area contributed by atoms with Crippen LogP contribution in [-0.2, 0) is 4.79 Å². The van der Waals surface area contributed by atoms with Crippen LogP contribution in [0.4, 0.5) is 0 Å². The third-order valence-corrected chi connectivity index (χ3v) is 3.04. The van der Waals surface area contributed by atoms with Crippen LogP contribution in [0, 0.1) is 5.92 Å². The molecule has 0 spiro atoms. The Morgan fingerprint density at radius 2 is 2.00 bits per heavy atom. The Balaban J connectivity index is 2.50. The Kier molecular flexibility index (Phi) is 6.56. The standard InChI is InChI=1S/C12H25N3O3/c1-9(2)7-10(11(16)8-12(17)18)14-15-5-3-13-4-6-15/h9-11,13-14,16H,3-8H2,1-2H3,(H,17,18)/t10-,11-/m0/s1. The number of hydrazine groups is 1. The van der Waals surface area contributed by atoms with Crippen LogP contribution in [-0.4, -0.2) is 59.5 Å². The second-order valence-electron chi connectivity index (χ2n) is 5.27. The summed E-state index contributed by atoms with van der Waals surface area (Å²) in [6.07, 6.45) is -0.297. The number of nitrogens with zero attached hydrogens (tertiary/aromatic N) is 1. The minimum absolute atomic E-state index is 0.195. The molecule has 0 aliphatic carbocycles. The van der Waals surface area contributed by atoms with Crippen molar-refractivity contribution in [3.8, 4) is 0 Å². The smallest absolute Gasteiger partial charge is 0.306 e. The Bertz CT molecular complexity index is 255. The normalized spacial score (nSPS) is 20.9. The highest BCUT2D eigenvalue weighted by Gasteiger charge is 2.25. The van der Waals surface area contributed by atoms with Gasteiger partial charge >= 0.3 is 5.97 Å². The number of nitrogens with one attached hydrogen (secondary N) is 2. The van der Waals surface area contributed by atoms with Crippen LogP contribution in [0.1, 0.15) is 26.7 Å². The maximum absolute atomic E-state index is 10.7. The predicted octanol–water partition coefficient (Wildman–Crippen LogP) is -0.353. The molecular formula is C12H25N3O3. The molecule has 0 aromatic rings. The Morgan fingerprint density at radius 3 is 2.50 bits per heavy atom. The Hall–Kier alpha value is -0.690. The molecule has 6 nitrogen and oxygen atoms in total. The fourth-order valence-electron chi connectivity index (χ4n) is 2.15. The first-order valence-corrected chi connectivity index (χ1v) is 6.60. The number of hydrogen-bond donors (Lipinski definition) is 4. The molecule has 18 heavy (non-hydrogen) atoms. The summed E-state index contributed by atoms with van der Waals surface area (Å²) in [6.45, 7) is 7.70. The number of rotatable bonds is 7. The van der Waals surface area contributed by atoms with Crippen molar-refractivity contribution >= 4 is 5.97 Å². The van der Waals surface area contributed by atoms with Crippen molar-refractivity contribution in [3.05, 3.63) is 0 Å². The molecule has 0 radical (unpaired) electrons. The molecule has 0 bridgehead atoms. The maximum atomic E-state index is 10.7. The number of carbonyl (C=O) groups is 1. The quantitative estimate of drug-likeness (QED) is 0.500. The monoisotopic (exact) mass is 259 g/mol. The third kappa shape index (κ3) is 5.77. The highest BCUT2D eigenvalue weighted by atomic mass is 16.4. The minimum Gasteiger partial charge on any atom is -0.481 e. The van der Waals surface area contributed by atoms with E-state index in [9.17, 15) is 9.90 Å². The molecule has 2 atom stereocenters. The number of aliphatic hydroxyl groups excluding tert-OH is 1. The molecule has 1 fully saturated rings. The van der Waals surface area contributed by atoms with Gasteiger partial charge in [0.1, 0.15) is 0 Å². The van der Waals surface area contributed by atoms with Gasteiger partial charge in [-0.1, -0.05) is 13.8 Å². The van der Waals surface area contributed by atoms with Crippen molar-refractivity contribution in [2.24, 2.45) is 5.92 Å². The molecule has 1 rings (SSSR count). The van der Waals surface area contributed by atoms with Crippen molar-refractivity contribution in [3.63, 3.8) is 0 Å². The number of aliphatic carboxylic acids is 1. The molecular weight excluding hydrogens is 234 g/mol. The summed E-state index contributed by atoms with van der Waals surface area (Å²) in [6, 6.07) is -0.195. The summed E-state index contributed by atoms with van der Waals surface area (Å²) in [5.74, 6) is -0.549. The van der Waals surface area contributed by atoms with Crippen LogP contribution in [0.25, 0.3) is 0 Å². The van der Waals surface area contributed by atoms with Crippen LogP contribution in [0.15, 0.2) is 0 Å². The minimum atomic E-state index is -0.960. The molecule has 6 heteroatoms. The number of carboxylic acid groups (broad SMARTS) is 1. The highest BCUT2D eigenvalue weighted by Crippen LogP contribution is 2.12. The lowest BCUT2D eigenvalue weighted by molar-refractivity contribution is -0.140. The summed E-state index contributed by atoms with van der Waals surface area (Å²) in [4.78, 5) is 10.7. The van der Waals surface area contributed by atoms with E-state index in [1.165, 1.54) is 0 Å². The summed E-state index contributed by atoms with van der Waals surface area (Å²) in [7, 11) is 0. The lowest BCUT2D eigenvalue weighted by Crippen LogP contribution is -2.56. The Labute approximate surface area is 108 Å². The van der Waals surface area contributed by atoms with E-state index in [0.29, 0.717) is 5.92 Å². The van der Waals surface area contributed by atoms with Gasteiger partial charge in [-0.05, 0) is 12.3 Å². The molecule has 1 heterocycles. The first-order valence-electron chi connectivity index (χ1n) is 6.60. The lowest BCUT2D eigenvalue weighted by Gasteiger charge is -2.34. The average Bonchev–Trinajstić information content (AvgIpc) is 2.28. The summed E-state index contributed by atoms with van der Waals surface area (Å²) >= 11 is 0. The summed E-state index contributed by atoms with van der Waals surface area (Å²) in [5, 5.41) is 24.1. The van der Waals surface area contributed by atoms with Gasteiger partial charge in [0.25, 0.3) is 0 Å². The van der Waals surface area contributed by atoms with Crippen molar-refractivity contribution in [1.29, 1.82) is 0 Å². The van der Waals surface area contributed by atoms with E-state index in [-0.39, 0.29) is 12.5 Å². The number of aliphatic hydroxyl groups is 1. The fourth-order valence-corrected chi connectivity index (χ4v) is 2.15. The van der Waals surface area contributed by atoms with Gasteiger partial charge in [0.05, 0.1) is 12.5 Å². The van der Waals surface area contributed by atoms with Gasteiger partial charge in [0.15, 0.2) is 0 Å². The van der Waals surface area contributed by atoms with E-state index in [4.69, 9.17) is 5.11 Å². The zero-order valence-corrected chi connectivity index (χ0v) is 11.2. The topological polar surface area (TPSA) is 84.8 Å². The predicted molar refractivity (Wildman–Crippen MR) is 69.1 cm³/mol. The van der Waals surface area contributed by atoms with Crippen LogP contribution < -0.4 is 10.7 Å². The second kappa shape index (κ2) is 7.68. The van der Waals surface area contributed by atoms with E-state index in [1.807, 2.05) is 0 Å². The molecule has 0 saturated carbocycles. The second-order valence-corrected chi connectivity index (χ2v) is 5.27. The molecule has 1 saturated heterocycles. The van der Waals surface area contributed by atoms with Crippen molar-refractivity contribution in [2.45, 2.75) is 38.8 Å². The zero-order chi connectivity index (χ0) is 13.5. The van der Waals surface area contributed by atoms with E-state index in [1.54, 1.807) is 0 Å². The van der Waals surface area contributed by atoms with Crippen LogP contribution in [0.5, 0.6) is 0 Å². The number of piperazine rings is 1. The van der Waals surface area contributed by atoms with Gasteiger partial charge in [0.2, 0.25) is 0 Å². The molecule has 1 aliphatic rings. The molecule has 4 N–H and O–H groups in total. The van der Waals surface area contributed by atoms with Gasteiger partial charge in [-0.15, -0.1) is 0 Å². The number of carboxylic acids is 1. The van der Waals surface area contributed by atoms with E-state index >= 15 is 0 Å². The Morgan fingerprint density at radius 1 is 1.39 bits per heavy atom. The molecule has 1 aliphatic heterocycles. The summed E-state index contributed by atoms with van der Waals surface area (Å²) in [5.41, 5.74) is 3.27. The first kappa shape index (κ1) is 15.4. The van der Waals surface area contributed by atoms with Crippen molar-refractivity contribution in [2.75, 3.05) is 26.2 Å². The fraction of sp³-hybridized carbons (Fsp3) is 0.917. The maximum Gasteiger partial charge on any atom is 0.306 e. The van der Waals surface area contributed by atoms with Crippen molar-refractivity contribution < 1.29 is 15.0 Å². The van der Waals surface area contributed by atoms with Gasteiger partial charge in [-0.3, -0.25) is 4.79 Å². The van der Waals surface area contributed by atoms with E-state index < -0.39 is 12.1 Å². The highest BCUT2D eigenvalue weighted by molar-refractivity contribution is 5.67. The lowest BCUT2D eigenvalue weighted by atomic mass is 9.98. The molecule has 0 unspecified atom stereocenters. The van der Waals surface area contributed by atoms with E-state index in [0.717, 1.165) is 32.6 Å². The molecule has 0 aromatic heterocycles. The molecule has 0 amide bonds. The average molecular weight is 259 g/mol. The van der Waals surface area contributed by atoms with Crippen molar-refractivity contribution in [1.82, 2.24) is 15.8 Å². The largest absolute Gasteiger partial charge is 0.481 e. The molecule has 0 aromatic carbocycles.